The van der Waals surface area contributed by atoms with Crippen LogP contribution in [0.25, 0.3) is 0 Å². The number of hydrogen-bond acceptors (Lipinski definition) is 5. The Kier molecular flexibility index (Phi) is 5.68. The predicted molar refractivity (Wildman–Crippen MR) is 109 cm³/mol. The number of hydrogen-bond donors (Lipinski definition) is 0. The van der Waals surface area contributed by atoms with Crippen LogP contribution in [0.15, 0.2) is 42.5 Å². The van der Waals surface area contributed by atoms with E-state index in [2.05, 4.69) is 9.88 Å². The highest BCUT2D eigenvalue weighted by atomic mass is 16.6. The molecule has 2 aromatic rings. The zero-order valence-electron chi connectivity index (χ0n) is 16.9. The molecule has 1 aromatic heterocycles. The summed E-state index contributed by atoms with van der Waals surface area (Å²) in [5.74, 6) is 0.804. The number of carbonyl (C=O) groups is 2. The predicted octanol–water partition coefficient (Wildman–Crippen LogP) is 3.68. The fourth-order valence-electron chi connectivity index (χ4n) is 3.15. The van der Waals surface area contributed by atoms with Gasteiger partial charge in [-0.3, -0.25) is 4.79 Å². The Balaban J connectivity index is 1.65. The quantitative estimate of drug-likeness (QED) is 0.759. The molecule has 0 radical (unpaired) electrons. The van der Waals surface area contributed by atoms with Crippen LogP contribution in [0.5, 0.6) is 0 Å². The lowest BCUT2D eigenvalue weighted by Gasteiger charge is -2.36. The van der Waals surface area contributed by atoms with Gasteiger partial charge in [0, 0.05) is 37.3 Å². The average molecular weight is 381 g/mol. The van der Waals surface area contributed by atoms with Crippen molar-refractivity contribution in [3.8, 4) is 0 Å². The number of nitrogens with zero attached hydrogens (tertiary/aromatic N) is 3. The van der Waals surface area contributed by atoms with Crippen molar-refractivity contribution in [2.24, 2.45) is 0 Å². The Morgan fingerprint density at radius 3 is 2.18 bits per heavy atom. The standard InChI is InChI=1S/C22H27N3O3/c1-16-18(20(26)17-8-6-5-7-9-17)10-11-19(23-16)24-12-14-25(15-13-24)21(27)28-22(2,3)4/h5-11H,12-15H2,1-4H3. The van der Waals surface area contributed by atoms with Crippen molar-refractivity contribution in [2.75, 3.05) is 31.1 Å². The molecule has 1 saturated heterocycles. The summed E-state index contributed by atoms with van der Waals surface area (Å²) in [5, 5.41) is 0. The van der Waals surface area contributed by atoms with Crippen LogP contribution in [0.2, 0.25) is 0 Å². The highest BCUT2D eigenvalue weighted by Gasteiger charge is 2.26. The zero-order chi connectivity index (χ0) is 20.3. The number of piperazine rings is 1. The summed E-state index contributed by atoms with van der Waals surface area (Å²) in [7, 11) is 0. The van der Waals surface area contributed by atoms with Crippen molar-refractivity contribution in [2.45, 2.75) is 33.3 Å². The first-order valence-electron chi connectivity index (χ1n) is 9.55. The molecule has 0 spiro atoms. The summed E-state index contributed by atoms with van der Waals surface area (Å²) in [6.45, 7) is 9.98. The van der Waals surface area contributed by atoms with Crippen LogP contribution in [-0.4, -0.2) is 53.5 Å². The van der Waals surface area contributed by atoms with E-state index in [1.807, 2.05) is 70.2 Å². The monoisotopic (exact) mass is 381 g/mol. The Labute approximate surface area is 166 Å². The molecule has 0 atom stereocenters. The molecule has 6 nitrogen and oxygen atoms in total. The van der Waals surface area contributed by atoms with Gasteiger partial charge in [-0.1, -0.05) is 30.3 Å². The summed E-state index contributed by atoms with van der Waals surface area (Å²) >= 11 is 0. The largest absolute Gasteiger partial charge is 0.444 e. The van der Waals surface area contributed by atoms with Gasteiger partial charge in [-0.25, -0.2) is 9.78 Å². The number of rotatable bonds is 3. The summed E-state index contributed by atoms with van der Waals surface area (Å²) in [5.41, 5.74) is 1.49. The first-order valence-corrected chi connectivity index (χ1v) is 9.55. The van der Waals surface area contributed by atoms with E-state index >= 15 is 0 Å². The number of amides is 1. The molecule has 0 aliphatic carbocycles. The number of ether oxygens (including phenoxy) is 1. The number of carbonyl (C=O) groups excluding carboxylic acids is 2. The van der Waals surface area contributed by atoms with E-state index in [9.17, 15) is 9.59 Å². The van der Waals surface area contributed by atoms with Gasteiger partial charge in [-0.05, 0) is 39.8 Å². The second-order valence-corrected chi connectivity index (χ2v) is 7.95. The molecule has 6 heteroatoms. The lowest BCUT2D eigenvalue weighted by atomic mass is 10.0. The number of anilines is 1. The van der Waals surface area contributed by atoms with E-state index in [-0.39, 0.29) is 11.9 Å². The minimum atomic E-state index is -0.492. The lowest BCUT2D eigenvalue weighted by molar-refractivity contribution is 0.0240. The Morgan fingerprint density at radius 2 is 1.61 bits per heavy atom. The topological polar surface area (TPSA) is 62.7 Å². The molecule has 0 unspecified atom stereocenters. The first-order chi connectivity index (χ1) is 13.2. The Hall–Kier alpha value is -2.89. The van der Waals surface area contributed by atoms with Crippen LogP contribution < -0.4 is 4.90 Å². The highest BCUT2D eigenvalue weighted by molar-refractivity contribution is 6.09. The molecule has 1 amide bonds. The van der Waals surface area contributed by atoms with Crippen LogP contribution in [-0.2, 0) is 4.74 Å². The van der Waals surface area contributed by atoms with Crippen LogP contribution >= 0.6 is 0 Å². The van der Waals surface area contributed by atoms with Gasteiger partial charge in [-0.15, -0.1) is 0 Å². The van der Waals surface area contributed by atoms with Crippen LogP contribution in [0.4, 0.5) is 10.6 Å². The third-order valence-corrected chi connectivity index (χ3v) is 4.61. The molecule has 3 rings (SSSR count). The fraction of sp³-hybridized carbons (Fsp3) is 0.409. The van der Waals surface area contributed by atoms with E-state index < -0.39 is 5.60 Å². The second kappa shape index (κ2) is 8.00. The maximum absolute atomic E-state index is 12.7. The summed E-state index contributed by atoms with van der Waals surface area (Å²) in [6, 6.07) is 12.9. The van der Waals surface area contributed by atoms with E-state index in [1.54, 1.807) is 4.90 Å². The summed E-state index contributed by atoms with van der Waals surface area (Å²) in [6.07, 6.45) is -0.278. The molecule has 1 aromatic carbocycles. The Bertz CT molecular complexity index is 851. The smallest absolute Gasteiger partial charge is 0.410 e. The van der Waals surface area contributed by atoms with E-state index in [1.165, 1.54) is 0 Å². The van der Waals surface area contributed by atoms with Gasteiger partial charge in [0.05, 0.1) is 5.69 Å². The van der Waals surface area contributed by atoms with Crippen LogP contribution in [0, 0.1) is 6.92 Å². The maximum Gasteiger partial charge on any atom is 0.410 e. The molecular weight excluding hydrogens is 354 g/mol. The molecule has 1 aliphatic rings. The van der Waals surface area contributed by atoms with Crippen molar-refractivity contribution < 1.29 is 14.3 Å². The van der Waals surface area contributed by atoms with Crippen molar-refractivity contribution in [1.82, 2.24) is 9.88 Å². The number of aryl methyl sites for hydroxylation is 1. The van der Waals surface area contributed by atoms with Crippen molar-refractivity contribution in [3.05, 3.63) is 59.3 Å². The number of ketones is 1. The summed E-state index contributed by atoms with van der Waals surface area (Å²) < 4.78 is 5.44. The van der Waals surface area contributed by atoms with Gasteiger partial charge in [-0.2, -0.15) is 0 Å². The molecule has 28 heavy (non-hydrogen) atoms. The summed E-state index contributed by atoms with van der Waals surface area (Å²) in [4.78, 5) is 33.4. The SMILES string of the molecule is Cc1nc(N2CCN(C(=O)OC(C)(C)C)CC2)ccc1C(=O)c1ccccc1. The molecule has 2 heterocycles. The van der Waals surface area contributed by atoms with Gasteiger partial charge in [0.25, 0.3) is 0 Å². The molecule has 148 valence electrons. The average Bonchev–Trinajstić information content (AvgIpc) is 2.67. The third-order valence-electron chi connectivity index (χ3n) is 4.61. The van der Waals surface area contributed by atoms with Gasteiger partial charge >= 0.3 is 6.09 Å². The second-order valence-electron chi connectivity index (χ2n) is 7.95. The lowest BCUT2D eigenvalue weighted by Crippen LogP contribution is -2.50. The van der Waals surface area contributed by atoms with Gasteiger partial charge in [0.15, 0.2) is 5.78 Å². The van der Waals surface area contributed by atoms with E-state index in [0.29, 0.717) is 43.0 Å². The third kappa shape index (κ3) is 4.68. The van der Waals surface area contributed by atoms with Gasteiger partial charge in [0.1, 0.15) is 11.4 Å². The number of aromatic nitrogens is 1. The number of benzene rings is 1. The van der Waals surface area contributed by atoms with Crippen molar-refractivity contribution in [3.63, 3.8) is 0 Å². The van der Waals surface area contributed by atoms with Crippen LogP contribution in [0.3, 0.4) is 0 Å². The first kappa shape index (κ1) is 19.9. The normalized spacial score (nSPS) is 14.7. The molecule has 0 saturated carbocycles. The maximum atomic E-state index is 12.7. The van der Waals surface area contributed by atoms with Gasteiger partial charge in [0.2, 0.25) is 0 Å². The van der Waals surface area contributed by atoms with Crippen molar-refractivity contribution >= 4 is 17.7 Å². The molecule has 1 fully saturated rings. The van der Waals surface area contributed by atoms with Crippen LogP contribution in [0.1, 0.15) is 42.4 Å². The minimum absolute atomic E-state index is 0.0214. The molecule has 1 aliphatic heterocycles. The van der Waals surface area contributed by atoms with E-state index in [4.69, 9.17) is 4.74 Å². The fourth-order valence-corrected chi connectivity index (χ4v) is 3.15. The molecular formula is C22H27N3O3. The Morgan fingerprint density at radius 1 is 0.964 bits per heavy atom. The highest BCUT2D eigenvalue weighted by Crippen LogP contribution is 2.20. The zero-order valence-corrected chi connectivity index (χ0v) is 16.9. The van der Waals surface area contributed by atoms with E-state index in [0.717, 1.165) is 5.82 Å². The van der Waals surface area contributed by atoms with Gasteiger partial charge < -0.3 is 14.5 Å². The number of pyridine rings is 1. The van der Waals surface area contributed by atoms with Crippen molar-refractivity contribution in [1.29, 1.82) is 0 Å². The molecule has 0 bridgehead atoms. The molecule has 0 N–H and O–H groups in total. The minimum Gasteiger partial charge on any atom is -0.444 e.